The van der Waals surface area contributed by atoms with Crippen LogP contribution in [0.15, 0.2) is 47.7 Å². The van der Waals surface area contributed by atoms with Crippen LogP contribution in [0.4, 0.5) is 0 Å². The number of hydrogen-bond donors (Lipinski definition) is 2. The predicted octanol–water partition coefficient (Wildman–Crippen LogP) is 3.24. The first-order valence-electron chi connectivity index (χ1n) is 9.19. The van der Waals surface area contributed by atoms with Crippen molar-refractivity contribution >= 4 is 17.3 Å². The second kappa shape index (κ2) is 9.32. The lowest BCUT2D eigenvalue weighted by molar-refractivity contribution is 0.795. The second-order valence-electron chi connectivity index (χ2n) is 6.24. The number of nitrogens with one attached hydrogen (secondary N) is 2. The smallest absolute Gasteiger partial charge is 0.191 e. The van der Waals surface area contributed by atoms with Gasteiger partial charge in [0.15, 0.2) is 5.96 Å². The van der Waals surface area contributed by atoms with Gasteiger partial charge in [-0.15, -0.1) is 11.3 Å². The number of nitrogens with zero attached hydrogens (tertiary/aromatic N) is 4. The Bertz CT molecular complexity index is 845. The van der Waals surface area contributed by atoms with Gasteiger partial charge in [-0.2, -0.15) is 5.10 Å². The topological polar surface area (TPSA) is 67.1 Å². The molecule has 0 radical (unpaired) electrons. The van der Waals surface area contributed by atoms with Crippen LogP contribution in [0.25, 0.3) is 5.69 Å². The van der Waals surface area contributed by atoms with Gasteiger partial charge < -0.3 is 10.6 Å². The number of aromatic nitrogens is 3. The van der Waals surface area contributed by atoms with E-state index in [-0.39, 0.29) is 0 Å². The molecule has 7 heteroatoms. The summed E-state index contributed by atoms with van der Waals surface area (Å²) < 4.78 is 1.85. The summed E-state index contributed by atoms with van der Waals surface area (Å²) in [4.78, 5) is 10.6. The third-order valence-corrected chi connectivity index (χ3v) is 5.31. The van der Waals surface area contributed by atoms with Gasteiger partial charge in [0, 0.05) is 36.8 Å². The van der Waals surface area contributed by atoms with Crippen LogP contribution in [0.2, 0.25) is 0 Å². The van der Waals surface area contributed by atoms with Gasteiger partial charge in [0.05, 0.1) is 22.9 Å². The summed E-state index contributed by atoms with van der Waals surface area (Å²) in [6, 6.07) is 10.2. The van der Waals surface area contributed by atoms with Crippen molar-refractivity contribution in [3.05, 3.63) is 63.9 Å². The molecule has 142 valence electrons. The molecule has 0 unspecified atom stereocenters. The highest BCUT2D eigenvalue weighted by atomic mass is 32.1. The number of rotatable bonds is 7. The molecule has 0 aliphatic carbocycles. The number of hydrogen-bond acceptors (Lipinski definition) is 4. The molecule has 0 aliphatic heterocycles. The molecule has 0 atom stereocenters. The lowest BCUT2D eigenvalue weighted by Crippen LogP contribution is -2.38. The van der Waals surface area contributed by atoms with E-state index in [1.54, 1.807) is 17.5 Å². The van der Waals surface area contributed by atoms with E-state index in [2.05, 4.69) is 70.7 Å². The van der Waals surface area contributed by atoms with Crippen molar-refractivity contribution in [2.24, 2.45) is 4.99 Å². The minimum Gasteiger partial charge on any atom is -0.357 e. The molecule has 2 aromatic heterocycles. The lowest BCUT2D eigenvalue weighted by Gasteiger charge is -2.11. The Morgan fingerprint density at radius 1 is 1.19 bits per heavy atom. The van der Waals surface area contributed by atoms with Crippen molar-refractivity contribution < 1.29 is 0 Å². The van der Waals surface area contributed by atoms with Crippen LogP contribution >= 0.6 is 11.3 Å². The molecule has 1 aromatic carbocycles. The molecule has 27 heavy (non-hydrogen) atoms. The molecule has 0 aliphatic rings. The van der Waals surface area contributed by atoms with Crippen LogP contribution in [-0.4, -0.2) is 33.8 Å². The molecule has 3 rings (SSSR count). The van der Waals surface area contributed by atoms with Gasteiger partial charge in [-0.25, -0.2) is 14.7 Å². The number of guanidine groups is 1. The van der Waals surface area contributed by atoms with Crippen molar-refractivity contribution in [3.63, 3.8) is 0 Å². The molecule has 0 bridgehead atoms. The van der Waals surface area contributed by atoms with Gasteiger partial charge in [0.1, 0.15) is 0 Å². The van der Waals surface area contributed by atoms with Crippen LogP contribution < -0.4 is 10.6 Å². The molecule has 0 saturated carbocycles. The van der Waals surface area contributed by atoms with E-state index >= 15 is 0 Å². The van der Waals surface area contributed by atoms with Crippen LogP contribution in [-0.2, 0) is 13.0 Å². The van der Waals surface area contributed by atoms with Gasteiger partial charge in [0.25, 0.3) is 0 Å². The first-order chi connectivity index (χ1) is 13.2. The molecular formula is C20H26N6S. The maximum Gasteiger partial charge on any atom is 0.191 e. The molecule has 2 heterocycles. The van der Waals surface area contributed by atoms with E-state index in [1.807, 2.05) is 16.9 Å². The number of aryl methyl sites for hydroxylation is 2. The van der Waals surface area contributed by atoms with E-state index in [4.69, 9.17) is 0 Å². The SMILES string of the molecule is CCNC(=NCc1ccc(-n2cccn2)cc1)NCCc1nc(C)c(C)s1. The Morgan fingerprint density at radius 3 is 2.63 bits per heavy atom. The number of benzene rings is 1. The molecule has 0 fully saturated rings. The molecule has 3 aromatic rings. The minimum atomic E-state index is 0.629. The summed E-state index contributed by atoms with van der Waals surface area (Å²) in [5.74, 6) is 0.832. The Morgan fingerprint density at radius 2 is 2.00 bits per heavy atom. The van der Waals surface area contributed by atoms with Crippen molar-refractivity contribution in [3.8, 4) is 5.69 Å². The van der Waals surface area contributed by atoms with E-state index in [0.29, 0.717) is 6.54 Å². The third-order valence-electron chi connectivity index (χ3n) is 4.17. The molecule has 2 N–H and O–H groups in total. The van der Waals surface area contributed by atoms with Crippen LogP contribution in [0.3, 0.4) is 0 Å². The maximum atomic E-state index is 4.69. The molecule has 0 spiro atoms. The summed E-state index contributed by atoms with van der Waals surface area (Å²) in [5, 5.41) is 12.1. The Labute approximate surface area is 164 Å². The highest BCUT2D eigenvalue weighted by molar-refractivity contribution is 7.11. The molecular weight excluding hydrogens is 356 g/mol. The number of thiazole rings is 1. The Balaban J connectivity index is 1.54. The quantitative estimate of drug-likeness (QED) is 0.486. The Hall–Kier alpha value is -2.67. The van der Waals surface area contributed by atoms with Gasteiger partial charge in [-0.3, -0.25) is 0 Å². The monoisotopic (exact) mass is 382 g/mol. The minimum absolute atomic E-state index is 0.629. The maximum absolute atomic E-state index is 4.69. The predicted molar refractivity (Wildman–Crippen MR) is 112 cm³/mol. The molecule has 0 saturated heterocycles. The van der Waals surface area contributed by atoms with Gasteiger partial charge in [-0.05, 0) is 44.5 Å². The standard InChI is InChI=1S/C20H26N6S/c1-4-21-20(22-12-10-19-25-15(2)16(3)27-19)23-14-17-6-8-18(9-7-17)26-13-5-11-24-26/h5-9,11,13H,4,10,12,14H2,1-3H3,(H2,21,22,23). The zero-order valence-electron chi connectivity index (χ0n) is 16.1. The highest BCUT2D eigenvalue weighted by Crippen LogP contribution is 2.16. The largest absolute Gasteiger partial charge is 0.357 e. The Kier molecular flexibility index (Phi) is 6.59. The van der Waals surface area contributed by atoms with Gasteiger partial charge in [-0.1, -0.05) is 12.1 Å². The summed E-state index contributed by atoms with van der Waals surface area (Å²) in [5.41, 5.74) is 3.34. The summed E-state index contributed by atoms with van der Waals surface area (Å²) in [6.45, 7) is 8.53. The second-order valence-corrected chi connectivity index (χ2v) is 7.53. The van der Waals surface area contributed by atoms with Crippen LogP contribution in [0, 0.1) is 13.8 Å². The average molecular weight is 383 g/mol. The first-order valence-corrected chi connectivity index (χ1v) is 10.0. The first kappa shape index (κ1) is 19.1. The normalized spacial score (nSPS) is 11.6. The van der Waals surface area contributed by atoms with Crippen LogP contribution in [0.5, 0.6) is 0 Å². The zero-order chi connectivity index (χ0) is 19.1. The van der Waals surface area contributed by atoms with Crippen molar-refractivity contribution in [2.45, 2.75) is 33.7 Å². The van der Waals surface area contributed by atoms with Crippen molar-refractivity contribution in [1.82, 2.24) is 25.4 Å². The third kappa shape index (κ3) is 5.40. The molecule has 0 amide bonds. The van der Waals surface area contributed by atoms with Crippen molar-refractivity contribution in [2.75, 3.05) is 13.1 Å². The van der Waals surface area contributed by atoms with E-state index in [0.717, 1.165) is 42.4 Å². The lowest BCUT2D eigenvalue weighted by atomic mass is 10.2. The van der Waals surface area contributed by atoms with E-state index in [1.165, 1.54) is 9.88 Å². The summed E-state index contributed by atoms with van der Waals surface area (Å²) >= 11 is 1.77. The average Bonchev–Trinajstić information content (AvgIpc) is 3.31. The molecule has 6 nitrogen and oxygen atoms in total. The fraction of sp³-hybridized carbons (Fsp3) is 0.350. The summed E-state index contributed by atoms with van der Waals surface area (Å²) in [6.07, 6.45) is 4.62. The zero-order valence-corrected chi connectivity index (χ0v) is 16.9. The van der Waals surface area contributed by atoms with Gasteiger partial charge >= 0.3 is 0 Å². The number of aliphatic imine (C=N–C) groups is 1. The fourth-order valence-corrected chi connectivity index (χ4v) is 3.56. The van der Waals surface area contributed by atoms with Gasteiger partial charge in [0.2, 0.25) is 0 Å². The van der Waals surface area contributed by atoms with Crippen molar-refractivity contribution in [1.29, 1.82) is 0 Å². The van der Waals surface area contributed by atoms with E-state index in [9.17, 15) is 0 Å². The fourth-order valence-electron chi connectivity index (χ4n) is 2.62. The highest BCUT2D eigenvalue weighted by Gasteiger charge is 2.04. The van der Waals surface area contributed by atoms with Crippen LogP contribution in [0.1, 0.15) is 28.1 Å². The summed E-state index contributed by atoms with van der Waals surface area (Å²) in [7, 11) is 0. The van der Waals surface area contributed by atoms with E-state index < -0.39 is 0 Å².